The first-order chi connectivity index (χ1) is 12.3. The second kappa shape index (κ2) is 9.77. The van der Waals surface area contributed by atoms with Gasteiger partial charge in [-0.25, -0.2) is 0 Å². The van der Waals surface area contributed by atoms with Crippen LogP contribution in [0.1, 0.15) is 117 Å². The Kier molecular flexibility index (Phi) is 7.70. The molecule has 3 aliphatic carbocycles. The fraction of sp³-hybridized carbons (Fsp3) is 1.00. The Morgan fingerprint density at radius 2 is 1.32 bits per heavy atom. The predicted molar refractivity (Wildman–Crippen MR) is 108 cm³/mol. The molecule has 0 spiro atoms. The summed E-state index contributed by atoms with van der Waals surface area (Å²) in [6.07, 6.45) is 24.1. The third kappa shape index (κ3) is 4.82. The van der Waals surface area contributed by atoms with Crippen LogP contribution in [0.15, 0.2) is 0 Å². The summed E-state index contributed by atoms with van der Waals surface area (Å²) in [6, 6.07) is 0. The molecule has 3 rings (SSSR count). The van der Waals surface area contributed by atoms with Crippen molar-refractivity contribution in [2.45, 2.75) is 123 Å². The second-order valence-electron chi connectivity index (χ2n) is 9.64. The Morgan fingerprint density at radius 1 is 0.720 bits per heavy atom. The fourth-order valence-corrected chi connectivity index (χ4v) is 6.88. The van der Waals surface area contributed by atoms with E-state index in [1.54, 1.807) is 25.7 Å². The van der Waals surface area contributed by atoms with Gasteiger partial charge < -0.3 is 4.74 Å². The van der Waals surface area contributed by atoms with E-state index >= 15 is 0 Å². The van der Waals surface area contributed by atoms with E-state index in [2.05, 4.69) is 13.8 Å². The summed E-state index contributed by atoms with van der Waals surface area (Å²) < 4.78 is 6.09. The summed E-state index contributed by atoms with van der Waals surface area (Å²) in [4.78, 5) is 0. The van der Waals surface area contributed by atoms with Gasteiger partial charge in [-0.05, 0) is 81.0 Å². The van der Waals surface area contributed by atoms with E-state index in [1.165, 1.54) is 77.0 Å². The zero-order valence-electron chi connectivity index (χ0n) is 17.2. The Bertz CT molecular complexity index is 354. The standard InChI is InChI=1S/C24H44O/c1-3-8-20-9-11-21(12-10-20)24(17-6-5-7-18-24)22-13-15-23(16-14-22)25-19-4-2/h20-23H,3-19H2,1-2H3. The molecule has 0 N–H and O–H groups in total. The zero-order valence-corrected chi connectivity index (χ0v) is 17.2. The fourth-order valence-electron chi connectivity index (χ4n) is 6.88. The molecular weight excluding hydrogens is 304 g/mol. The summed E-state index contributed by atoms with van der Waals surface area (Å²) in [7, 11) is 0. The van der Waals surface area contributed by atoms with E-state index in [-0.39, 0.29) is 0 Å². The van der Waals surface area contributed by atoms with Crippen molar-refractivity contribution >= 4 is 0 Å². The average molecular weight is 349 g/mol. The number of rotatable bonds is 7. The number of ether oxygens (including phenoxy) is 1. The highest BCUT2D eigenvalue weighted by atomic mass is 16.5. The molecule has 3 fully saturated rings. The molecule has 0 radical (unpaired) electrons. The van der Waals surface area contributed by atoms with Crippen molar-refractivity contribution in [3.8, 4) is 0 Å². The molecule has 0 aromatic heterocycles. The molecule has 0 atom stereocenters. The molecule has 0 bridgehead atoms. The van der Waals surface area contributed by atoms with Crippen molar-refractivity contribution < 1.29 is 4.74 Å². The van der Waals surface area contributed by atoms with Crippen LogP contribution in [0.4, 0.5) is 0 Å². The molecule has 146 valence electrons. The molecule has 3 saturated carbocycles. The first kappa shape index (κ1) is 19.7. The highest BCUT2D eigenvalue weighted by Crippen LogP contribution is 2.57. The maximum absolute atomic E-state index is 6.09. The Balaban J connectivity index is 1.60. The van der Waals surface area contributed by atoms with Gasteiger partial charge in [0.15, 0.2) is 0 Å². The second-order valence-corrected chi connectivity index (χ2v) is 9.64. The summed E-state index contributed by atoms with van der Waals surface area (Å²) in [5.74, 6) is 3.13. The number of hydrogen-bond donors (Lipinski definition) is 0. The van der Waals surface area contributed by atoms with Gasteiger partial charge in [-0.15, -0.1) is 0 Å². The lowest BCUT2D eigenvalue weighted by molar-refractivity contribution is -0.0509. The van der Waals surface area contributed by atoms with Crippen LogP contribution < -0.4 is 0 Å². The maximum Gasteiger partial charge on any atom is 0.0575 e. The molecule has 0 amide bonds. The third-order valence-corrected chi connectivity index (χ3v) is 8.19. The van der Waals surface area contributed by atoms with E-state index in [4.69, 9.17) is 4.74 Å². The maximum atomic E-state index is 6.09. The van der Waals surface area contributed by atoms with Gasteiger partial charge in [0.1, 0.15) is 0 Å². The zero-order chi connectivity index (χ0) is 17.5. The van der Waals surface area contributed by atoms with Crippen molar-refractivity contribution in [3.63, 3.8) is 0 Å². The molecule has 0 heterocycles. The SMILES string of the molecule is CCCOC1CCC(C2(C3CCC(CCC)CC3)CCCCC2)CC1. The average Bonchev–Trinajstić information content (AvgIpc) is 2.68. The number of hydrogen-bond acceptors (Lipinski definition) is 1. The topological polar surface area (TPSA) is 9.23 Å². The molecule has 25 heavy (non-hydrogen) atoms. The molecule has 0 aliphatic heterocycles. The van der Waals surface area contributed by atoms with Crippen LogP contribution in [0.2, 0.25) is 0 Å². The molecule has 0 saturated heterocycles. The minimum Gasteiger partial charge on any atom is -0.378 e. The molecule has 0 aromatic carbocycles. The smallest absolute Gasteiger partial charge is 0.0575 e. The van der Waals surface area contributed by atoms with Crippen LogP contribution in [0.5, 0.6) is 0 Å². The van der Waals surface area contributed by atoms with E-state index in [0.29, 0.717) is 6.10 Å². The van der Waals surface area contributed by atoms with Crippen molar-refractivity contribution in [2.24, 2.45) is 23.2 Å². The van der Waals surface area contributed by atoms with Gasteiger partial charge in [0, 0.05) is 6.61 Å². The molecular formula is C24H44O. The predicted octanol–water partition coefficient (Wildman–Crippen LogP) is 7.53. The lowest BCUT2D eigenvalue weighted by Gasteiger charge is -2.53. The summed E-state index contributed by atoms with van der Waals surface area (Å²) in [5.41, 5.74) is 0.727. The Labute approximate surface area is 157 Å². The van der Waals surface area contributed by atoms with E-state index in [1.807, 2.05) is 0 Å². The quantitative estimate of drug-likeness (QED) is 0.462. The van der Waals surface area contributed by atoms with Gasteiger partial charge in [-0.1, -0.05) is 58.8 Å². The first-order valence-corrected chi connectivity index (χ1v) is 11.9. The monoisotopic (exact) mass is 348 g/mol. The van der Waals surface area contributed by atoms with Crippen LogP contribution in [0.3, 0.4) is 0 Å². The van der Waals surface area contributed by atoms with Crippen molar-refractivity contribution in [1.29, 1.82) is 0 Å². The highest BCUT2D eigenvalue weighted by molar-refractivity contribution is 4.97. The van der Waals surface area contributed by atoms with Gasteiger partial charge in [0.05, 0.1) is 6.10 Å². The lowest BCUT2D eigenvalue weighted by Crippen LogP contribution is -2.43. The highest BCUT2D eigenvalue weighted by Gasteiger charge is 2.47. The molecule has 3 aliphatic rings. The van der Waals surface area contributed by atoms with E-state index in [0.717, 1.165) is 29.8 Å². The largest absolute Gasteiger partial charge is 0.378 e. The Morgan fingerprint density at radius 3 is 1.88 bits per heavy atom. The van der Waals surface area contributed by atoms with E-state index < -0.39 is 0 Å². The van der Waals surface area contributed by atoms with Crippen LogP contribution >= 0.6 is 0 Å². The van der Waals surface area contributed by atoms with Gasteiger partial charge in [-0.2, -0.15) is 0 Å². The first-order valence-electron chi connectivity index (χ1n) is 11.9. The normalized spacial score (nSPS) is 36.2. The molecule has 0 unspecified atom stereocenters. The summed E-state index contributed by atoms with van der Waals surface area (Å²) in [6.45, 7) is 5.58. The summed E-state index contributed by atoms with van der Waals surface area (Å²) >= 11 is 0. The van der Waals surface area contributed by atoms with Crippen LogP contribution in [0.25, 0.3) is 0 Å². The van der Waals surface area contributed by atoms with E-state index in [9.17, 15) is 0 Å². The Hall–Kier alpha value is -0.0400. The van der Waals surface area contributed by atoms with Crippen molar-refractivity contribution in [3.05, 3.63) is 0 Å². The molecule has 1 heteroatoms. The van der Waals surface area contributed by atoms with Crippen LogP contribution in [-0.2, 0) is 4.74 Å². The summed E-state index contributed by atoms with van der Waals surface area (Å²) in [5, 5.41) is 0. The van der Waals surface area contributed by atoms with Gasteiger partial charge in [0.25, 0.3) is 0 Å². The van der Waals surface area contributed by atoms with Crippen LogP contribution in [-0.4, -0.2) is 12.7 Å². The lowest BCUT2D eigenvalue weighted by atomic mass is 9.53. The van der Waals surface area contributed by atoms with Crippen molar-refractivity contribution in [1.82, 2.24) is 0 Å². The molecule has 0 aromatic rings. The van der Waals surface area contributed by atoms with Crippen LogP contribution in [0, 0.1) is 23.2 Å². The van der Waals surface area contributed by atoms with Gasteiger partial charge in [0.2, 0.25) is 0 Å². The minimum absolute atomic E-state index is 0.581. The molecule has 1 nitrogen and oxygen atoms in total. The van der Waals surface area contributed by atoms with Crippen molar-refractivity contribution in [2.75, 3.05) is 6.61 Å². The van der Waals surface area contributed by atoms with Gasteiger partial charge in [-0.3, -0.25) is 0 Å². The van der Waals surface area contributed by atoms with Gasteiger partial charge >= 0.3 is 0 Å². The minimum atomic E-state index is 0.581. The third-order valence-electron chi connectivity index (χ3n) is 8.19.